The van der Waals surface area contributed by atoms with Crippen molar-refractivity contribution in [3.05, 3.63) is 29.8 Å². The average Bonchev–Trinajstić information content (AvgIpc) is 2.48. The van der Waals surface area contributed by atoms with E-state index >= 15 is 0 Å². The van der Waals surface area contributed by atoms with E-state index in [-0.39, 0.29) is 0 Å². The molecule has 0 aromatic heterocycles. The highest BCUT2D eigenvalue weighted by atomic mass is 32.1. The van der Waals surface area contributed by atoms with Crippen LogP contribution in [0.4, 0.5) is 0 Å². The van der Waals surface area contributed by atoms with Gasteiger partial charge < -0.3 is 15.4 Å². The summed E-state index contributed by atoms with van der Waals surface area (Å²) < 4.78 is 5.34. The molecular weight excluding hydrogens is 268 g/mol. The van der Waals surface area contributed by atoms with Crippen LogP contribution in [0, 0.1) is 5.92 Å². The summed E-state index contributed by atoms with van der Waals surface area (Å²) in [6, 6.07) is 8.53. The van der Waals surface area contributed by atoms with Crippen LogP contribution in [0.3, 0.4) is 0 Å². The maximum atomic E-state index is 5.40. The van der Waals surface area contributed by atoms with Gasteiger partial charge in [-0.25, -0.2) is 0 Å². The predicted molar refractivity (Wildman–Crippen MR) is 87.0 cm³/mol. The van der Waals surface area contributed by atoms with E-state index in [2.05, 4.69) is 23.6 Å². The molecule has 0 bridgehead atoms. The van der Waals surface area contributed by atoms with Crippen molar-refractivity contribution in [3.63, 3.8) is 0 Å². The second-order valence-electron chi connectivity index (χ2n) is 5.51. The Morgan fingerprint density at radius 1 is 1.30 bits per heavy atom. The van der Waals surface area contributed by atoms with Gasteiger partial charge in [-0.05, 0) is 37.0 Å². The van der Waals surface area contributed by atoms with Crippen molar-refractivity contribution >= 4 is 17.3 Å². The fraction of sp³-hybridized carbons (Fsp3) is 0.562. The van der Waals surface area contributed by atoms with Crippen molar-refractivity contribution in [3.8, 4) is 5.75 Å². The molecule has 2 atom stereocenters. The lowest BCUT2D eigenvalue weighted by Crippen LogP contribution is -2.45. The Morgan fingerprint density at radius 2 is 2.05 bits per heavy atom. The van der Waals surface area contributed by atoms with E-state index in [0.29, 0.717) is 18.5 Å². The zero-order valence-corrected chi connectivity index (χ0v) is 13.1. The molecule has 1 aromatic carbocycles. The average molecular weight is 292 g/mol. The zero-order valence-electron chi connectivity index (χ0n) is 12.3. The van der Waals surface area contributed by atoms with Gasteiger partial charge in [0.25, 0.3) is 0 Å². The highest BCUT2D eigenvalue weighted by Crippen LogP contribution is 2.23. The lowest BCUT2D eigenvalue weighted by Gasteiger charge is -2.30. The SMILES string of the molecule is COc1ccccc1CNC(=S)N[C@H]1CCCC[C@H]1C. The van der Waals surface area contributed by atoms with E-state index in [4.69, 9.17) is 17.0 Å². The molecule has 1 aliphatic rings. The van der Waals surface area contributed by atoms with Gasteiger partial charge in [-0.1, -0.05) is 38.0 Å². The summed E-state index contributed by atoms with van der Waals surface area (Å²) in [5.41, 5.74) is 1.12. The van der Waals surface area contributed by atoms with Gasteiger partial charge in [-0.3, -0.25) is 0 Å². The Bertz CT molecular complexity index is 450. The van der Waals surface area contributed by atoms with E-state index in [1.165, 1.54) is 25.7 Å². The summed E-state index contributed by atoms with van der Waals surface area (Å²) in [6.07, 6.45) is 5.17. The van der Waals surface area contributed by atoms with Gasteiger partial charge in [0, 0.05) is 18.2 Å². The molecule has 0 unspecified atom stereocenters. The van der Waals surface area contributed by atoms with Crippen molar-refractivity contribution in [1.29, 1.82) is 0 Å². The number of hydrogen-bond acceptors (Lipinski definition) is 2. The van der Waals surface area contributed by atoms with Crippen molar-refractivity contribution in [2.45, 2.75) is 45.2 Å². The van der Waals surface area contributed by atoms with Crippen LogP contribution in [-0.2, 0) is 6.54 Å². The van der Waals surface area contributed by atoms with Crippen molar-refractivity contribution < 1.29 is 4.74 Å². The summed E-state index contributed by atoms with van der Waals surface area (Å²) in [6.45, 7) is 3.00. The second-order valence-corrected chi connectivity index (χ2v) is 5.92. The number of ether oxygens (including phenoxy) is 1. The Hall–Kier alpha value is -1.29. The van der Waals surface area contributed by atoms with Gasteiger partial charge in [0.15, 0.2) is 5.11 Å². The molecule has 0 heterocycles. The topological polar surface area (TPSA) is 33.3 Å². The minimum absolute atomic E-state index is 0.515. The number of thiocarbonyl (C=S) groups is 1. The molecule has 1 fully saturated rings. The summed E-state index contributed by atoms with van der Waals surface area (Å²) in [5.74, 6) is 1.60. The molecule has 110 valence electrons. The predicted octanol–water partition coefficient (Wildman–Crippen LogP) is 3.24. The van der Waals surface area contributed by atoms with E-state index in [9.17, 15) is 0 Å². The lowest BCUT2D eigenvalue weighted by atomic mass is 9.86. The smallest absolute Gasteiger partial charge is 0.166 e. The minimum Gasteiger partial charge on any atom is -0.496 e. The second kappa shape index (κ2) is 7.48. The maximum absolute atomic E-state index is 5.40. The van der Waals surface area contributed by atoms with Crippen molar-refractivity contribution in [1.82, 2.24) is 10.6 Å². The number of methoxy groups -OCH3 is 1. The summed E-state index contributed by atoms with van der Waals surface area (Å²) >= 11 is 5.40. The molecule has 0 spiro atoms. The Morgan fingerprint density at radius 3 is 2.80 bits per heavy atom. The first-order chi connectivity index (χ1) is 9.70. The Labute approximate surface area is 127 Å². The standard InChI is InChI=1S/C16H24N2OS/c1-12-7-3-5-9-14(12)18-16(20)17-11-13-8-4-6-10-15(13)19-2/h4,6,8,10,12,14H,3,5,7,9,11H2,1-2H3,(H2,17,18,20)/t12-,14+/m1/s1. The number of nitrogens with one attached hydrogen (secondary N) is 2. The molecule has 3 nitrogen and oxygen atoms in total. The van der Waals surface area contributed by atoms with Crippen LogP contribution in [0.5, 0.6) is 5.75 Å². The Kier molecular flexibility index (Phi) is 5.65. The molecule has 1 saturated carbocycles. The highest BCUT2D eigenvalue weighted by molar-refractivity contribution is 7.80. The van der Waals surface area contributed by atoms with Gasteiger partial charge >= 0.3 is 0 Å². The highest BCUT2D eigenvalue weighted by Gasteiger charge is 2.21. The molecule has 2 N–H and O–H groups in total. The van der Waals surface area contributed by atoms with E-state index < -0.39 is 0 Å². The van der Waals surface area contributed by atoms with Gasteiger partial charge in [-0.15, -0.1) is 0 Å². The van der Waals surface area contributed by atoms with Crippen molar-refractivity contribution in [2.75, 3.05) is 7.11 Å². The minimum atomic E-state index is 0.515. The van der Waals surface area contributed by atoms with Crippen LogP contribution in [0.15, 0.2) is 24.3 Å². The lowest BCUT2D eigenvalue weighted by molar-refractivity contribution is 0.308. The molecule has 1 aromatic rings. The molecule has 20 heavy (non-hydrogen) atoms. The van der Waals surface area contributed by atoms with Gasteiger partial charge in [-0.2, -0.15) is 0 Å². The van der Waals surface area contributed by atoms with E-state index in [1.54, 1.807) is 7.11 Å². The van der Waals surface area contributed by atoms with Gasteiger partial charge in [0.1, 0.15) is 5.75 Å². The van der Waals surface area contributed by atoms with Crippen LogP contribution in [0.25, 0.3) is 0 Å². The van der Waals surface area contributed by atoms with Gasteiger partial charge in [0.2, 0.25) is 0 Å². The first-order valence-corrected chi connectivity index (χ1v) is 7.78. The third-order valence-corrected chi connectivity index (χ3v) is 4.32. The molecular formula is C16H24N2OS. The number of para-hydroxylation sites is 1. The van der Waals surface area contributed by atoms with Crippen molar-refractivity contribution in [2.24, 2.45) is 5.92 Å². The van der Waals surface area contributed by atoms with Crippen LogP contribution in [0.2, 0.25) is 0 Å². The molecule has 4 heteroatoms. The molecule has 0 saturated heterocycles. The summed E-state index contributed by atoms with van der Waals surface area (Å²) in [5, 5.41) is 7.48. The largest absolute Gasteiger partial charge is 0.496 e. The van der Waals surface area contributed by atoms with E-state index in [0.717, 1.165) is 16.4 Å². The Balaban J connectivity index is 1.82. The van der Waals surface area contributed by atoms with Gasteiger partial charge in [0.05, 0.1) is 7.11 Å². The first-order valence-electron chi connectivity index (χ1n) is 7.37. The summed E-state index contributed by atoms with van der Waals surface area (Å²) in [7, 11) is 1.69. The van der Waals surface area contributed by atoms with Crippen LogP contribution in [-0.4, -0.2) is 18.3 Å². The molecule has 1 aliphatic carbocycles. The third-order valence-electron chi connectivity index (χ3n) is 4.06. The monoisotopic (exact) mass is 292 g/mol. The van der Waals surface area contributed by atoms with Crippen LogP contribution in [0.1, 0.15) is 38.2 Å². The molecule has 0 amide bonds. The van der Waals surface area contributed by atoms with Crippen LogP contribution < -0.4 is 15.4 Å². The van der Waals surface area contributed by atoms with Crippen LogP contribution >= 0.6 is 12.2 Å². The fourth-order valence-electron chi connectivity index (χ4n) is 2.77. The number of rotatable bonds is 4. The maximum Gasteiger partial charge on any atom is 0.166 e. The molecule has 2 rings (SSSR count). The first kappa shape index (κ1) is 15.1. The zero-order chi connectivity index (χ0) is 14.4. The van der Waals surface area contributed by atoms with E-state index in [1.807, 2.05) is 18.2 Å². The normalized spacial score (nSPS) is 22.1. The quantitative estimate of drug-likeness (QED) is 0.835. The molecule has 0 radical (unpaired) electrons. The summed E-state index contributed by atoms with van der Waals surface area (Å²) in [4.78, 5) is 0. The molecule has 0 aliphatic heterocycles. The number of benzene rings is 1. The fourth-order valence-corrected chi connectivity index (χ4v) is 3.00. The number of hydrogen-bond donors (Lipinski definition) is 2. The third kappa shape index (κ3) is 4.10.